The summed E-state index contributed by atoms with van der Waals surface area (Å²) in [6, 6.07) is 17.2. The van der Waals surface area contributed by atoms with Gasteiger partial charge in [-0.3, -0.25) is 9.36 Å². The van der Waals surface area contributed by atoms with E-state index in [1.807, 2.05) is 13.8 Å². The number of carbonyl (C=O) groups excluding carboxylic acids is 1. The van der Waals surface area contributed by atoms with Gasteiger partial charge >= 0.3 is 12.2 Å². The summed E-state index contributed by atoms with van der Waals surface area (Å²) in [5.41, 5.74) is -0.225. The second kappa shape index (κ2) is 12.2. The molecule has 0 aliphatic heterocycles. The van der Waals surface area contributed by atoms with Crippen LogP contribution in [0.25, 0.3) is 16.6 Å². The second-order valence-electron chi connectivity index (χ2n) is 9.28. The number of methoxy groups -OCH3 is 1. The van der Waals surface area contributed by atoms with E-state index >= 15 is 0 Å². The topological polar surface area (TPSA) is 76.5 Å². The molecule has 4 aromatic rings. The van der Waals surface area contributed by atoms with E-state index in [0.717, 1.165) is 18.6 Å². The number of fused-ring (bicyclic) bond motifs is 1. The number of aromatic nitrogens is 2. The molecule has 0 aliphatic rings. The number of amides is 2. The van der Waals surface area contributed by atoms with Crippen LogP contribution in [0.5, 0.6) is 5.75 Å². The Morgan fingerprint density at radius 1 is 1.05 bits per heavy atom. The summed E-state index contributed by atoms with van der Waals surface area (Å²) in [6.45, 7) is 4.15. The highest BCUT2D eigenvalue weighted by atomic mass is 19.4. The number of halogens is 3. The average Bonchev–Trinajstić information content (AvgIpc) is 2.95. The summed E-state index contributed by atoms with van der Waals surface area (Å²) in [4.78, 5) is 34.0. The maximum Gasteiger partial charge on any atom is 0.416 e. The molecule has 0 saturated heterocycles. The molecule has 40 heavy (non-hydrogen) atoms. The molecule has 1 aromatic heterocycles. The molecule has 10 heteroatoms. The Hall–Kier alpha value is -4.34. The maximum atomic E-state index is 13.9. The number of carbonyl (C=O) groups is 1. The first kappa shape index (κ1) is 28.7. The van der Waals surface area contributed by atoms with Crippen LogP contribution in [0.4, 0.5) is 23.7 Å². The van der Waals surface area contributed by atoms with Gasteiger partial charge in [-0.15, -0.1) is 0 Å². The summed E-state index contributed by atoms with van der Waals surface area (Å²) in [5.74, 6) is 0.775. The van der Waals surface area contributed by atoms with Crippen LogP contribution in [0.3, 0.4) is 0 Å². The number of nitrogens with zero attached hydrogens (tertiary/aromatic N) is 3. The Morgan fingerprint density at radius 3 is 2.48 bits per heavy atom. The van der Waals surface area contributed by atoms with Gasteiger partial charge in [0, 0.05) is 12.2 Å². The van der Waals surface area contributed by atoms with Crippen molar-refractivity contribution in [2.75, 3.05) is 19.0 Å². The van der Waals surface area contributed by atoms with Crippen LogP contribution in [0.1, 0.15) is 50.5 Å². The molecule has 0 spiro atoms. The molecule has 0 fully saturated rings. The number of urea groups is 1. The number of unbranched alkanes of at least 4 members (excludes halogenated alkanes) is 1. The van der Waals surface area contributed by atoms with Crippen LogP contribution < -0.4 is 15.6 Å². The minimum atomic E-state index is -4.55. The van der Waals surface area contributed by atoms with Crippen molar-refractivity contribution in [3.05, 3.63) is 94.5 Å². The molecular formula is C30H31F3N4O3. The first-order valence-corrected chi connectivity index (χ1v) is 13.1. The number of ether oxygens (including phenoxy) is 1. The molecule has 7 nitrogen and oxygen atoms in total. The Kier molecular flexibility index (Phi) is 8.77. The summed E-state index contributed by atoms with van der Waals surface area (Å²) >= 11 is 0. The van der Waals surface area contributed by atoms with Crippen LogP contribution in [-0.2, 0) is 6.18 Å². The van der Waals surface area contributed by atoms with E-state index in [2.05, 4.69) is 5.32 Å². The predicted molar refractivity (Wildman–Crippen MR) is 149 cm³/mol. The first-order valence-electron chi connectivity index (χ1n) is 13.1. The number of benzene rings is 3. The van der Waals surface area contributed by atoms with Crippen molar-refractivity contribution >= 4 is 22.6 Å². The number of alkyl halides is 3. The zero-order valence-corrected chi connectivity index (χ0v) is 22.5. The van der Waals surface area contributed by atoms with E-state index in [1.54, 1.807) is 48.5 Å². The molecule has 3 aromatic carbocycles. The van der Waals surface area contributed by atoms with Crippen LogP contribution >= 0.6 is 0 Å². The van der Waals surface area contributed by atoms with E-state index in [4.69, 9.17) is 9.72 Å². The molecule has 1 heterocycles. The summed E-state index contributed by atoms with van der Waals surface area (Å²) < 4.78 is 46.9. The summed E-state index contributed by atoms with van der Waals surface area (Å²) in [6.07, 6.45) is -2.75. The van der Waals surface area contributed by atoms with E-state index in [9.17, 15) is 22.8 Å². The number of rotatable bonds is 9. The Morgan fingerprint density at radius 2 is 1.77 bits per heavy atom. The minimum Gasteiger partial charge on any atom is -0.495 e. The van der Waals surface area contributed by atoms with Crippen LogP contribution in [0.15, 0.2) is 77.6 Å². The average molecular weight is 553 g/mol. The molecule has 0 bridgehead atoms. The highest BCUT2D eigenvalue weighted by molar-refractivity contribution is 5.89. The molecule has 210 valence electrons. The number of para-hydroxylation sites is 3. The SMILES string of the molecule is CCCCN(C(=O)Nc1cccc(C(F)(F)F)c1)C(CC)c1nc2ccccc2c(=O)n1-c1ccccc1OC. The lowest BCUT2D eigenvalue weighted by Crippen LogP contribution is -2.41. The van der Waals surface area contributed by atoms with Crippen LogP contribution in [0.2, 0.25) is 0 Å². The van der Waals surface area contributed by atoms with Crippen molar-refractivity contribution in [2.24, 2.45) is 0 Å². The molecule has 0 saturated carbocycles. The molecule has 2 amide bonds. The quantitative estimate of drug-likeness (QED) is 0.238. The van der Waals surface area contributed by atoms with E-state index < -0.39 is 23.8 Å². The normalized spacial score (nSPS) is 12.2. The lowest BCUT2D eigenvalue weighted by Gasteiger charge is -2.32. The van der Waals surface area contributed by atoms with E-state index in [0.29, 0.717) is 47.6 Å². The van der Waals surface area contributed by atoms with Crippen molar-refractivity contribution in [2.45, 2.75) is 45.3 Å². The molecule has 0 radical (unpaired) electrons. The first-order chi connectivity index (χ1) is 19.2. The second-order valence-corrected chi connectivity index (χ2v) is 9.28. The largest absolute Gasteiger partial charge is 0.495 e. The maximum absolute atomic E-state index is 13.9. The van der Waals surface area contributed by atoms with Gasteiger partial charge < -0.3 is 15.0 Å². The lowest BCUT2D eigenvalue weighted by molar-refractivity contribution is -0.137. The number of hydrogen-bond donors (Lipinski definition) is 1. The smallest absolute Gasteiger partial charge is 0.416 e. The molecule has 1 unspecified atom stereocenters. The molecule has 4 rings (SSSR count). The molecule has 1 N–H and O–H groups in total. The minimum absolute atomic E-state index is 0.0183. The number of hydrogen-bond acceptors (Lipinski definition) is 4. The monoisotopic (exact) mass is 552 g/mol. The lowest BCUT2D eigenvalue weighted by atomic mass is 10.1. The van der Waals surface area contributed by atoms with Crippen LogP contribution in [0, 0.1) is 0 Å². The third-order valence-corrected chi connectivity index (χ3v) is 6.64. The molecule has 1 atom stereocenters. The Bertz CT molecular complexity index is 1550. The highest BCUT2D eigenvalue weighted by Gasteiger charge is 2.32. The fraction of sp³-hybridized carbons (Fsp3) is 0.300. The van der Waals surface area contributed by atoms with Gasteiger partial charge in [-0.1, -0.05) is 50.6 Å². The summed E-state index contributed by atoms with van der Waals surface area (Å²) in [5, 5.41) is 3.03. The van der Waals surface area contributed by atoms with Crippen molar-refractivity contribution in [3.63, 3.8) is 0 Å². The van der Waals surface area contributed by atoms with Crippen molar-refractivity contribution in [1.82, 2.24) is 14.5 Å². The third-order valence-electron chi connectivity index (χ3n) is 6.64. The third kappa shape index (κ3) is 5.95. The van der Waals surface area contributed by atoms with Gasteiger partial charge in [0.25, 0.3) is 5.56 Å². The van der Waals surface area contributed by atoms with E-state index in [-0.39, 0.29) is 11.2 Å². The molecular weight excluding hydrogens is 521 g/mol. The van der Waals surface area contributed by atoms with Gasteiger partial charge in [0.05, 0.1) is 35.3 Å². The standard InChI is InChI=1S/C30H31F3N4O3/c1-4-6-18-36(29(39)34-21-13-11-12-20(19-21)30(31,32)33)24(5-2)27-35-23-15-8-7-14-22(23)28(38)37(27)25-16-9-10-17-26(25)40-3/h7-17,19,24H,4-6,18H2,1-3H3,(H,34,39). The van der Waals surface area contributed by atoms with Gasteiger partial charge in [0.1, 0.15) is 11.6 Å². The van der Waals surface area contributed by atoms with Gasteiger partial charge in [0.2, 0.25) is 0 Å². The Balaban J connectivity index is 1.86. The van der Waals surface area contributed by atoms with Gasteiger partial charge in [0.15, 0.2) is 0 Å². The zero-order chi connectivity index (χ0) is 28.9. The number of nitrogens with one attached hydrogen (secondary N) is 1. The summed E-state index contributed by atoms with van der Waals surface area (Å²) in [7, 11) is 1.51. The van der Waals surface area contributed by atoms with Gasteiger partial charge in [-0.25, -0.2) is 9.78 Å². The fourth-order valence-electron chi connectivity index (χ4n) is 4.66. The predicted octanol–water partition coefficient (Wildman–Crippen LogP) is 7.20. The van der Waals surface area contributed by atoms with Crippen LogP contribution in [-0.4, -0.2) is 34.1 Å². The highest BCUT2D eigenvalue weighted by Crippen LogP contribution is 2.32. The zero-order valence-electron chi connectivity index (χ0n) is 22.5. The fourth-order valence-corrected chi connectivity index (χ4v) is 4.66. The Labute approximate surface area is 230 Å². The van der Waals surface area contributed by atoms with Crippen molar-refractivity contribution in [3.8, 4) is 11.4 Å². The van der Waals surface area contributed by atoms with Crippen molar-refractivity contribution < 1.29 is 22.7 Å². The van der Waals surface area contributed by atoms with Gasteiger partial charge in [-0.05, 0) is 55.3 Å². The molecule has 0 aliphatic carbocycles. The van der Waals surface area contributed by atoms with Gasteiger partial charge in [-0.2, -0.15) is 13.2 Å². The number of anilines is 1. The van der Waals surface area contributed by atoms with Crippen molar-refractivity contribution in [1.29, 1.82) is 0 Å². The van der Waals surface area contributed by atoms with E-state index in [1.165, 1.54) is 28.7 Å².